The molecule has 70 valence electrons. The van der Waals surface area contributed by atoms with Crippen molar-refractivity contribution in [2.24, 2.45) is 0 Å². The summed E-state index contributed by atoms with van der Waals surface area (Å²) in [5.74, 6) is 0. The van der Waals surface area contributed by atoms with Gasteiger partial charge in [-0.15, -0.1) is 0 Å². The van der Waals surface area contributed by atoms with Crippen LogP contribution in [0, 0.1) is 0 Å². The van der Waals surface area contributed by atoms with E-state index in [4.69, 9.17) is 10.0 Å². The normalized spacial score (nSPS) is 10.5. The topological polar surface area (TPSA) is 62.5 Å². The zero-order valence-corrected chi connectivity index (χ0v) is 6.39. The number of halogens is 2. The van der Waals surface area contributed by atoms with Crippen molar-refractivity contribution in [3.63, 3.8) is 0 Å². The molecule has 13 heavy (non-hydrogen) atoms. The Morgan fingerprint density at radius 2 is 2.08 bits per heavy atom. The van der Waals surface area contributed by atoms with Crippen LogP contribution in [0.15, 0.2) is 23.1 Å². The third kappa shape index (κ3) is 1.93. The highest BCUT2D eigenvalue weighted by molar-refractivity contribution is 6.58. The molecule has 0 fully saturated rings. The number of pyridine rings is 1. The molecule has 1 aromatic heterocycles. The Hall–Kier alpha value is -1.21. The van der Waals surface area contributed by atoms with E-state index in [1.165, 1.54) is 0 Å². The van der Waals surface area contributed by atoms with Crippen LogP contribution in [0.3, 0.4) is 0 Å². The molecule has 0 atom stereocenters. The first-order chi connectivity index (χ1) is 6.04. The van der Waals surface area contributed by atoms with E-state index in [9.17, 15) is 13.6 Å². The van der Waals surface area contributed by atoms with Gasteiger partial charge in [-0.3, -0.25) is 9.36 Å². The van der Waals surface area contributed by atoms with E-state index in [1.54, 1.807) is 0 Å². The first-order valence-corrected chi connectivity index (χ1v) is 3.39. The van der Waals surface area contributed by atoms with E-state index in [2.05, 4.69) is 0 Å². The van der Waals surface area contributed by atoms with Crippen molar-refractivity contribution < 1.29 is 18.8 Å². The van der Waals surface area contributed by atoms with Crippen LogP contribution in [-0.4, -0.2) is 21.7 Å². The molecule has 2 N–H and O–H groups in total. The predicted octanol–water partition coefficient (Wildman–Crippen LogP) is -1.08. The molecule has 0 radical (unpaired) electrons. The Kier molecular flexibility index (Phi) is 2.79. The first-order valence-electron chi connectivity index (χ1n) is 3.39. The summed E-state index contributed by atoms with van der Waals surface area (Å²) < 4.78 is 24.3. The van der Waals surface area contributed by atoms with Crippen molar-refractivity contribution in [3.8, 4) is 0 Å². The third-order valence-electron chi connectivity index (χ3n) is 1.49. The molecule has 0 bridgehead atoms. The van der Waals surface area contributed by atoms with E-state index in [-0.39, 0.29) is 4.57 Å². The highest BCUT2D eigenvalue weighted by atomic mass is 19.3. The van der Waals surface area contributed by atoms with Gasteiger partial charge in [0.1, 0.15) is 0 Å². The highest BCUT2D eigenvalue weighted by Crippen LogP contribution is 2.03. The molecule has 0 amide bonds. The van der Waals surface area contributed by atoms with Crippen LogP contribution in [0.2, 0.25) is 0 Å². The first kappa shape index (κ1) is 9.88. The number of hydrogen-bond acceptors (Lipinski definition) is 3. The monoisotopic (exact) mass is 189 g/mol. The van der Waals surface area contributed by atoms with Gasteiger partial charge < -0.3 is 10.0 Å². The smallest absolute Gasteiger partial charge is 0.423 e. The summed E-state index contributed by atoms with van der Waals surface area (Å²) in [6.07, 6.45) is 0.874. The van der Waals surface area contributed by atoms with Gasteiger partial charge in [0.05, 0.1) is 0 Å². The fourth-order valence-corrected chi connectivity index (χ4v) is 0.878. The molecule has 0 aliphatic heterocycles. The van der Waals surface area contributed by atoms with Crippen molar-refractivity contribution in [3.05, 3.63) is 28.7 Å². The maximum Gasteiger partial charge on any atom is 0.494 e. The molecule has 4 nitrogen and oxygen atoms in total. The highest BCUT2D eigenvalue weighted by Gasteiger charge is 2.18. The number of rotatable bonds is 2. The molecule has 1 rings (SSSR count). The number of nitrogens with zero attached hydrogens (tertiary/aromatic N) is 1. The van der Waals surface area contributed by atoms with Crippen molar-refractivity contribution in [1.29, 1.82) is 0 Å². The number of aromatic nitrogens is 1. The van der Waals surface area contributed by atoms with Crippen LogP contribution in [0.5, 0.6) is 0 Å². The largest absolute Gasteiger partial charge is 0.494 e. The summed E-state index contributed by atoms with van der Waals surface area (Å²) in [4.78, 5) is 11.0. The van der Waals surface area contributed by atoms with Crippen LogP contribution in [0.1, 0.15) is 6.55 Å². The molecule has 0 aliphatic rings. The van der Waals surface area contributed by atoms with Crippen molar-refractivity contribution >= 4 is 12.6 Å². The molecular weight excluding hydrogens is 183 g/mol. The van der Waals surface area contributed by atoms with E-state index in [0.717, 1.165) is 18.3 Å². The third-order valence-corrected chi connectivity index (χ3v) is 1.49. The molecule has 0 aliphatic carbocycles. The maximum atomic E-state index is 12.1. The van der Waals surface area contributed by atoms with Gasteiger partial charge in [-0.2, -0.15) is 8.78 Å². The van der Waals surface area contributed by atoms with Crippen LogP contribution < -0.4 is 11.0 Å². The SMILES string of the molecule is O=c1c(B(O)O)cccn1C(F)F. The summed E-state index contributed by atoms with van der Waals surface area (Å²) in [5.41, 5.74) is -1.57. The summed E-state index contributed by atoms with van der Waals surface area (Å²) in [5, 5.41) is 17.2. The molecule has 0 saturated carbocycles. The Bertz CT molecular complexity index is 323. The van der Waals surface area contributed by atoms with Crippen LogP contribution in [0.4, 0.5) is 8.78 Å². The second-order valence-electron chi connectivity index (χ2n) is 2.33. The minimum atomic E-state index is -2.98. The van der Waals surface area contributed by atoms with Crippen molar-refractivity contribution in [1.82, 2.24) is 4.57 Å². The Morgan fingerprint density at radius 3 is 2.54 bits per heavy atom. The van der Waals surface area contributed by atoms with Gasteiger partial charge >= 0.3 is 13.7 Å². The van der Waals surface area contributed by atoms with Gasteiger partial charge in [-0.05, 0) is 6.07 Å². The lowest BCUT2D eigenvalue weighted by Gasteiger charge is -2.05. The standard InChI is InChI=1S/C6H6BF2NO3/c8-6(9)10-3-1-2-4(5(10)11)7(12)13/h1-3,6,12-13H. The van der Waals surface area contributed by atoms with Crippen LogP contribution >= 0.6 is 0 Å². The lowest BCUT2D eigenvalue weighted by Crippen LogP contribution is -2.45. The van der Waals surface area contributed by atoms with Gasteiger partial charge in [0.2, 0.25) is 0 Å². The summed E-state index contributed by atoms with van der Waals surface area (Å²) >= 11 is 0. The average molecular weight is 189 g/mol. The molecule has 0 spiro atoms. The maximum absolute atomic E-state index is 12.1. The molecule has 0 saturated heterocycles. The van der Waals surface area contributed by atoms with Crippen LogP contribution in [0.25, 0.3) is 0 Å². The van der Waals surface area contributed by atoms with Gasteiger partial charge in [-0.25, -0.2) is 0 Å². The summed E-state index contributed by atoms with van der Waals surface area (Å²) in [6.45, 7) is -2.98. The van der Waals surface area contributed by atoms with Gasteiger partial charge in [0.15, 0.2) is 0 Å². The molecule has 0 unspecified atom stereocenters. The minimum absolute atomic E-state index is 0.120. The van der Waals surface area contributed by atoms with Crippen molar-refractivity contribution in [2.45, 2.75) is 6.55 Å². The molecule has 7 heteroatoms. The van der Waals surface area contributed by atoms with Gasteiger partial charge in [0.25, 0.3) is 5.56 Å². The van der Waals surface area contributed by atoms with Crippen LogP contribution in [-0.2, 0) is 0 Å². The fourth-order valence-electron chi connectivity index (χ4n) is 0.878. The lowest BCUT2D eigenvalue weighted by molar-refractivity contribution is 0.0666. The zero-order chi connectivity index (χ0) is 10.0. The quantitative estimate of drug-likeness (QED) is 0.581. The Morgan fingerprint density at radius 1 is 1.46 bits per heavy atom. The number of hydrogen-bond donors (Lipinski definition) is 2. The fraction of sp³-hybridized carbons (Fsp3) is 0.167. The van der Waals surface area contributed by atoms with Crippen molar-refractivity contribution in [2.75, 3.05) is 0 Å². The second-order valence-corrected chi connectivity index (χ2v) is 2.33. The summed E-state index contributed by atoms with van der Waals surface area (Å²) in [7, 11) is -2.03. The van der Waals surface area contributed by atoms with E-state index in [0.29, 0.717) is 0 Å². The second kappa shape index (κ2) is 3.67. The number of alkyl halides is 2. The zero-order valence-electron chi connectivity index (χ0n) is 6.39. The molecular formula is C6H6BF2NO3. The minimum Gasteiger partial charge on any atom is -0.423 e. The van der Waals surface area contributed by atoms with E-state index >= 15 is 0 Å². The van der Waals surface area contributed by atoms with Gasteiger partial charge in [-0.1, -0.05) is 6.07 Å². The molecule has 1 aromatic rings. The van der Waals surface area contributed by atoms with E-state index < -0.39 is 24.7 Å². The average Bonchev–Trinajstić information content (AvgIpc) is 2.03. The summed E-state index contributed by atoms with van der Waals surface area (Å²) in [6, 6.07) is 2.22. The molecule has 1 heterocycles. The lowest BCUT2D eigenvalue weighted by atomic mass is 9.81. The Balaban J connectivity index is 3.27. The molecule has 0 aromatic carbocycles. The van der Waals surface area contributed by atoms with E-state index in [1.807, 2.05) is 0 Å². The van der Waals surface area contributed by atoms with Gasteiger partial charge in [0, 0.05) is 11.7 Å². The predicted molar refractivity (Wildman–Crippen MR) is 41.8 cm³/mol. The Labute approximate surface area is 72.2 Å².